The molecule has 0 heterocycles. The van der Waals surface area contributed by atoms with Crippen LogP contribution in [0.4, 0.5) is 0 Å². The summed E-state index contributed by atoms with van der Waals surface area (Å²) in [4.78, 5) is 0. The van der Waals surface area contributed by atoms with E-state index >= 15 is 0 Å². The number of rotatable bonds is 6. The van der Waals surface area contributed by atoms with Crippen molar-refractivity contribution in [2.24, 2.45) is 11.5 Å². The summed E-state index contributed by atoms with van der Waals surface area (Å²) in [5, 5.41) is 0. The van der Waals surface area contributed by atoms with Crippen LogP contribution in [0, 0.1) is 0 Å². The monoisotopic (exact) mass is 467 g/mol. The molecule has 0 aromatic carbocycles. The Labute approximate surface area is 135 Å². The first-order valence-corrected chi connectivity index (χ1v) is 6.05. The summed E-state index contributed by atoms with van der Waals surface area (Å²) in [5.41, 5.74) is 11.0. The van der Waals surface area contributed by atoms with Gasteiger partial charge in [-0.2, -0.15) is 0 Å². The average molecular weight is 468 g/mol. The third-order valence-electron chi connectivity index (χ3n) is 2.03. The summed E-state index contributed by atoms with van der Waals surface area (Å²) in [7, 11) is 0. The summed E-state index contributed by atoms with van der Waals surface area (Å²) in [6, 6.07) is 0.805. The first-order valence-electron chi connectivity index (χ1n) is 6.05. The van der Waals surface area contributed by atoms with Crippen molar-refractivity contribution in [3.05, 3.63) is 0 Å². The zero-order chi connectivity index (χ0) is 11.4. The molecular weight excluding hydrogens is 438 g/mol. The fourth-order valence-electron chi connectivity index (χ4n) is 1.05. The van der Waals surface area contributed by atoms with Gasteiger partial charge in [0.05, 0.1) is 0 Å². The van der Waals surface area contributed by atoms with E-state index in [9.17, 15) is 0 Å². The van der Waals surface area contributed by atoms with Crippen LogP contribution in [0.15, 0.2) is 0 Å². The Balaban J connectivity index is -0.0000000480. The quantitative estimate of drug-likeness (QED) is 0.439. The molecule has 2 atom stereocenters. The molecule has 2 unspecified atom stereocenters. The predicted octanol–water partition coefficient (Wildman–Crippen LogP) is -2.95. The summed E-state index contributed by atoms with van der Waals surface area (Å²) in [6.45, 7) is 8.47. The van der Waals surface area contributed by atoms with Crippen LogP contribution in [0.25, 0.3) is 0 Å². The van der Waals surface area contributed by atoms with Gasteiger partial charge < -0.3 is 36.3 Å². The molecule has 5 heteroatoms. The van der Waals surface area contributed by atoms with Gasteiger partial charge in [-0.15, -0.1) is 0 Å². The van der Waals surface area contributed by atoms with Crippen LogP contribution in [0.2, 0.25) is 0 Å². The molecule has 0 saturated carbocycles. The van der Waals surface area contributed by atoms with Crippen molar-refractivity contribution >= 4 is 0 Å². The smallest absolute Gasteiger partial charge is 1.00 e. The van der Waals surface area contributed by atoms with Crippen LogP contribution >= 0.6 is 0 Å². The minimum Gasteiger partial charge on any atom is -1.00 e. The van der Waals surface area contributed by atoms with Crippen molar-refractivity contribution in [3.8, 4) is 0 Å². The van der Waals surface area contributed by atoms with Crippen molar-refractivity contribution in [2.45, 2.75) is 78.3 Å². The van der Waals surface area contributed by atoms with E-state index < -0.39 is 0 Å². The molecule has 0 radical (unpaired) electrons. The van der Waals surface area contributed by atoms with Crippen molar-refractivity contribution in [3.63, 3.8) is 0 Å². The normalized spacial score (nSPS) is 11.6. The molecule has 0 aliphatic rings. The molecule has 0 aliphatic heterocycles. The molecular formula is C12H30Cl2N2Pt. The number of halogens is 2. The minimum atomic E-state index is 0. The van der Waals surface area contributed by atoms with E-state index in [1.165, 1.54) is 38.5 Å². The Kier molecular flexibility index (Phi) is 47.1. The number of hydrogen-bond acceptors (Lipinski definition) is 2. The van der Waals surface area contributed by atoms with Crippen LogP contribution in [0.3, 0.4) is 0 Å². The van der Waals surface area contributed by atoms with E-state index in [-0.39, 0.29) is 45.9 Å². The molecule has 0 aromatic heterocycles. The molecule has 0 rings (SSSR count). The second-order valence-electron chi connectivity index (χ2n) is 4.24. The zero-order valence-electron chi connectivity index (χ0n) is 11.6. The van der Waals surface area contributed by atoms with Crippen molar-refractivity contribution in [1.82, 2.24) is 0 Å². The largest absolute Gasteiger partial charge is 2.00 e. The number of nitrogens with two attached hydrogens (primary N) is 2. The Morgan fingerprint density at radius 2 is 1.00 bits per heavy atom. The van der Waals surface area contributed by atoms with E-state index in [1.807, 2.05) is 0 Å². The average Bonchev–Trinajstić information content (AvgIpc) is 2.12. The maximum atomic E-state index is 5.48. The molecule has 0 spiro atoms. The van der Waals surface area contributed by atoms with Gasteiger partial charge in [-0.3, -0.25) is 0 Å². The molecule has 0 bridgehead atoms. The molecule has 0 fully saturated rings. The van der Waals surface area contributed by atoms with Gasteiger partial charge in [-0.25, -0.2) is 0 Å². The van der Waals surface area contributed by atoms with E-state index in [1.54, 1.807) is 0 Å². The molecule has 0 saturated heterocycles. The first-order chi connectivity index (χ1) is 6.54. The number of hydrogen-bond donors (Lipinski definition) is 2. The Morgan fingerprint density at radius 3 is 1.06 bits per heavy atom. The molecule has 112 valence electrons. The number of unbranched alkanes of at least 4 members (excludes halogenated alkanes) is 2. The van der Waals surface area contributed by atoms with E-state index in [2.05, 4.69) is 27.7 Å². The molecule has 17 heavy (non-hydrogen) atoms. The van der Waals surface area contributed by atoms with Crippen molar-refractivity contribution in [1.29, 1.82) is 0 Å². The van der Waals surface area contributed by atoms with Gasteiger partial charge >= 0.3 is 21.1 Å². The molecule has 2 nitrogen and oxygen atoms in total. The van der Waals surface area contributed by atoms with Gasteiger partial charge in [0.15, 0.2) is 0 Å². The van der Waals surface area contributed by atoms with Crippen LogP contribution in [0.5, 0.6) is 0 Å². The second kappa shape index (κ2) is 25.9. The molecule has 0 amide bonds. The summed E-state index contributed by atoms with van der Waals surface area (Å²) in [5.74, 6) is 0. The van der Waals surface area contributed by atoms with Gasteiger partial charge in [0.25, 0.3) is 0 Å². The SMILES string of the molecule is CCCCC(C)N.CCCCC(C)N.[Cl-].[Cl-].[Pt+2]. The van der Waals surface area contributed by atoms with E-state index in [4.69, 9.17) is 11.5 Å². The summed E-state index contributed by atoms with van der Waals surface area (Å²) < 4.78 is 0. The van der Waals surface area contributed by atoms with E-state index in [0.717, 1.165) is 0 Å². The topological polar surface area (TPSA) is 52.0 Å². The maximum absolute atomic E-state index is 5.48. The van der Waals surface area contributed by atoms with Crippen LogP contribution in [-0.4, -0.2) is 12.1 Å². The molecule has 0 aliphatic carbocycles. The van der Waals surface area contributed by atoms with Crippen molar-refractivity contribution < 1.29 is 45.9 Å². The Morgan fingerprint density at radius 1 is 0.765 bits per heavy atom. The summed E-state index contributed by atoms with van der Waals surface area (Å²) >= 11 is 0. The zero-order valence-corrected chi connectivity index (χ0v) is 15.4. The summed E-state index contributed by atoms with van der Waals surface area (Å²) in [6.07, 6.45) is 7.44. The van der Waals surface area contributed by atoms with Gasteiger partial charge in [-0.05, 0) is 26.7 Å². The van der Waals surface area contributed by atoms with E-state index in [0.29, 0.717) is 12.1 Å². The Bertz CT molecular complexity index is 92.5. The Hall–Kier alpha value is 1.19. The van der Waals surface area contributed by atoms with Crippen LogP contribution in [0.1, 0.15) is 66.2 Å². The van der Waals surface area contributed by atoms with Crippen LogP contribution in [-0.2, 0) is 21.1 Å². The molecule has 4 N–H and O–H groups in total. The van der Waals surface area contributed by atoms with Crippen LogP contribution < -0.4 is 36.3 Å². The second-order valence-corrected chi connectivity index (χ2v) is 4.24. The van der Waals surface area contributed by atoms with Crippen molar-refractivity contribution in [2.75, 3.05) is 0 Å². The van der Waals surface area contributed by atoms with Gasteiger partial charge in [0.2, 0.25) is 0 Å². The standard InChI is InChI=1S/2C6H15N.2ClH.Pt/c2*1-3-4-5-6(2)7;;;/h2*6H,3-5,7H2,1-2H3;2*1H;/q;;;;+2/p-2. The predicted molar refractivity (Wildman–Crippen MR) is 66.3 cm³/mol. The third kappa shape index (κ3) is 47.0. The third-order valence-corrected chi connectivity index (χ3v) is 2.03. The van der Waals surface area contributed by atoms with Gasteiger partial charge in [-0.1, -0.05) is 39.5 Å². The minimum absolute atomic E-state index is 0. The fourth-order valence-corrected chi connectivity index (χ4v) is 1.05. The maximum Gasteiger partial charge on any atom is 2.00 e. The first kappa shape index (κ1) is 30.9. The van der Waals surface area contributed by atoms with Gasteiger partial charge in [0.1, 0.15) is 0 Å². The fraction of sp³-hybridized carbons (Fsp3) is 1.00. The molecule has 0 aromatic rings. The van der Waals surface area contributed by atoms with Gasteiger partial charge in [0, 0.05) is 12.1 Å².